The molecule has 0 heterocycles. The van der Waals surface area contributed by atoms with Crippen LogP contribution < -0.4 is 4.72 Å². The van der Waals surface area contributed by atoms with Gasteiger partial charge in [0.1, 0.15) is 5.69 Å². The SMILES string of the molecule is CS(=O)(=O)Nc1c(Cl)cccc1[N+](=O)[O-]. The van der Waals surface area contributed by atoms with Crippen LogP contribution in [0, 0.1) is 10.1 Å². The van der Waals surface area contributed by atoms with Gasteiger partial charge in [-0.25, -0.2) is 8.42 Å². The first kappa shape index (κ1) is 11.7. The summed E-state index contributed by atoms with van der Waals surface area (Å²) in [6, 6.07) is 3.90. The second kappa shape index (κ2) is 4.03. The Morgan fingerprint density at radius 2 is 2.07 bits per heavy atom. The summed E-state index contributed by atoms with van der Waals surface area (Å²) in [5.74, 6) is 0. The molecule has 15 heavy (non-hydrogen) atoms. The molecular weight excluding hydrogens is 244 g/mol. The fourth-order valence-electron chi connectivity index (χ4n) is 0.951. The highest BCUT2D eigenvalue weighted by atomic mass is 35.5. The Labute approximate surface area is 91.1 Å². The van der Waals surface area contributed by atoms with E-state index in [9.17, 15) is 18.5 Å². The van der Waals surface area contributed by atoms with Crippen LogP contribution in [0.4, 0.5) is 11.4 Å². The normalized spacial score (nSPS) is 11.1. The number of hydrogen-bond acceptors (Lipinski definition) is 4. The molecule has 82 valence electrons. The second-order valence-electron chi connectivity index (χ2n) is 2.77. The van der Waals surface area contributed by atoms with Gasteiger partial charge in [0.05, 0.1) is 16.2 Å². The summed E-state index contributed by atoms with van der Waals surface area (Å²) >= 11 is 5.65. The van der Waals surface area contributed by atoms with Crippen molar-refractivity contribution in [2.24, 2.45) is 0 Å². The van der Waals surface area contributed by atoms with Gasteiger partial charge in [-0.15, -0.1) is 0 Å². The highest BCUT2D eigenvalue weighted by Gasteiger charge is 2.19. The summed E-state index contributed by atoms with van der Waals surface area (Å²) in [6.45, 7) is 0. The lowest BCUT2D eigenvalue weighted by Crippen LogP contribution is -2.11. The number of para-hydroxylation sites is 1. The van der Waals surface area contributed by atoms with Gasteiger partial charge in [0.15, 0.2) is 0 Å². The molecule has 0 unspecified atom stereocenters. The van der Waals surface area contributed by atoms with Gasteiger partial charge < -0.3 is 0 Å². The summed E-state index contributed by atoms with van der Waals surface area (Å²) in [7, 11) is -3.59. The molecule has 0 saturated heterocycles. The molecule has 1 aromatic carbocycles. The van der Waals surface area contributed by atoms with E-state index in [1.54, 1.807) is 0 Å². The third-order valence-electron chi connectivity index (χ3n) is 1.48. The van der Waals surface area contributed by atoms with Crippen molar-refractivity contribution in [2.75, 3.05) is 11.0 Å². The lowest BCUT2D eigenvalue weighted by molar-refractivity contribution is -0.383. The summed E-state index contributed by atoms with van der Waals surface area (Å²) in [5, 5.41) is 10.6. The van der Waals surface area contributed by atoms with Crippen molar-refractivity contribution in [3.8, 4) is 0 Å². The summed E-state index contributed by atoms with van der Waals surface area (Å²) in [4.78, 5) is 9.86. The average Bonchev–Trinajstić information content (AvgIpc) is 2.05. The summed E-state index contributed by atoms with van der Waals surface area (Å²) in [5.41, 5.74) is -0.598. The van der Waals surface area contributed by atoms with Gasteiger partial charge >= 0.3 is 0 Å². The number of anilines is 1. The lowest BCUT2D eigenvalue weighted by atomic mass is 10.3. The van der Waals surface area contributed by atoms with E-state index in [0.29, 0.717) is 0 Å². The van der Waals surface area contributed by atoms with E-state index >= 15 is 0 Å². The molecule has 1 aromatic rings. The van der Waals surface area contributed by atoms with Crippen molar-refractivity contribution < 1.29 is 13.3 Å². The van der Waals surface area contributed by atoms with Gasteiger partial charge in [0.2, 0.25) is 10.0 Å². The van der Waals surface area contributed by atoms with E-state index in [2.05, 4.69) is 0 Å². The zero-order valence-corrected chi connectivity index (χ0v) is 9.17. The van der Waals surface area contributed by atoms with Crippen molar-refractivity contribution in [1.82, 2.24) is 0 Å². The van der Waals surface area contributed by atoms with Crippen LogP contribution in [-0.4, -0.2) is 19.6 Å². The molecule has 0 aliphatic carbocycles. The number of nitrogens with zero attached hydrogens (tertiary/aromatic N) is 1. The minimum Gasteiger partial charge on any atom is -0.276 e. The molecule has 1 rings (SSSR count). The molecule has 0 bridgehead atoms. The van der Waals surface area contributed by atoms with Crippen LogP contribution in [0.5, 0.6) is 0 Å². The van der Waals surface area contributed by atoms with E-state index < -0.39 is 14.9 Å². The maximum atomic E-state index is 10.9. The van der Waals surface area contributed by atoms with Gasteiger partial charge in [0.25, 0.3) is 5.69 Å². The minimum atomic E-state index is -3.59. The molecule has 0 aromatic heterocycles. The number of halogens is 1. The predicted molar refractivity (Wildman–Crippen MR) is 56.6 cm³/mol. The largest absolute Gasteiger partial charge is 0.294 e. The van der Waals surface area contributed by atoms with Crippen molar-refractivity contribution in [2.45, 2.75) is 0 Å². The topological polar surface area (TPSA) is 89.3 Å². The Morgan fingerprint density at radius 3 is 2.53 bits per heavy atom. The number of nitro groups is 1. The Morgan fingerprint density at radius 1 is 1.47 bits per heavy atom. The molecule has 0 fully saturated rings. The maximum absolute atomic E-state index is 10.9. The monoisotopic (exact) mass is 250 g/mol. The van der Waals surface area contributed by atoms with Gasteiger partial charge in [-0.1, -0.05) is 17.7 Å². The van der Waals surface area contributed by atoms with Crippen molar-refractivity contribution in [3.05, 3.63) is 33.3 Å². The van der Waals surface area contributed by atoms with Crippen LogP contribution >= 0.6 is 11.6 Å². The molecule has 1 N–H and O–H groups in total. The first-order chi connectivity index (χ1) is 6.81. The smallest absolute Gasteiger partial charge is 0.276 e. The van der Waals surface area contributed by atoms with Crippen LogP contribution in [0.1, 0.15) is 0 Å². The van der Waals surface area contributed by atoms with Crippen LogP contribution in [0.2, 0.25) is 5.02 Å². The second-order valence-corrected chi connectivity index (χ2v) is 4.92. The molecule has 0 spiro atoms. The zero-order chi connectivity index (χ0) is 11.6. The molecule has 6 nitrogen and oxygen atoms in total. The Bertz CT molecular complexity index is 500. The van der Waals surface area contributed by atoms with E-state index in [-0.39, 0.29) is 16.4 Å². The van der Waals surface area contributed by atoms with Gasteiger partial charge in [-0.2, -0.15) is 0 Å². The standard InChI is InChI=1S/C7H7ClN2O4S/c1-15(13,14)9-7-5(8)3-2-4-6(7)10(11)12/h2-4,9H,1H3. The van der Waals surface area contributed by atoms with Crippen LogP contribution in [0.3, 0.4) is 0 Å². The predicted octanol–water partition coefficient (Wildman–Crippen LogP) is 1.62. The highest BCUT2D eigenvalue weighted by Crippen LogP contribution is 2.32. The number of hydrogen-bond donors (Lipinski definition) is 1. The van der Waals surface area contributed by atoms with Crippen molar-refractivity contribution >= 4 is 33.0 Å². The number of nitro benzene ring substituents is 1. The molecule has 0 atom stereocenters. The quantitative estimate of drug-likeness (QED) is 0.652. The van der Waals surface area contributed by atoms with Gasteiger partial charge in [0, 0.05) is 6.07 Å². The molecular formula is C7H7ClN2O4S. The zero-order valence-electron chi connectivity index (χ0n) is 7.60. The third kappa shape index (κ3) is 3.07. The van der Waals surface area contributed by atoms with E-state index in [1.807, 2.05) is 4.72 Å². The number of sulfonamides is 1. The van der Waals surface area contributed by atoms with Crippen LogP contribution in [0.15, 0.2) is 18.2 Å². The first-order valence-corrected chi connectivity index (χ1v) is 5.99. The number of nitrogens with one attached hydrogen (secondary N) is 1. The van der Waals surface area contributed by atoms with Crippen LogP contribution in [0.25, 0.3) is 0 Å². The fraction of sp³-hybridized carbons (Fsp3) is 0.143. The van der Waals surface area contributed by atoms with Crippen molar-refractivity contribution in [1.29, 1.82) is 0 Å². The Hall–Kier alpha value is -1.34. The summed E-state index contributed by atoms with van der Waals surface area (Å²) < 4.78 is 23.9. The third-order valence-corrected chi connectivity index (χ3v) is 2.37. The van der Waals surface area contributed by atoms with E-state index in [0.717, 1.165) is 6.26 Å². The van der Waals surface area contributed by atoms with Crippen LogP contribution in [-0.2, 0) is 10.0 Å². The Kier molecular flexibility index (Phi) is 3.15. The molecule has 0 aliphatic rings. The molecule has 0 amide bonds. The molecule has 0 radical (unpaired) electrons. The lowest BCUT2D eigenvalue weighted by Gasteiger charge is -2.06. The molecule has 0 aliphatic heterocycles. The molecule has 0 saturated carbocycles. The van der Waals surface area contributed by atoms with Gasteiger partial charge in [-0.3, -0.25) is 14.8 Å². The fourth-order valence-corrected chi connectivity index (χ4v) is 1.81. The van der Waals surface area contributed by atoms with Crippen molar-refractivity contribution in [3.63, 3.8) is 0 Å². The highest BCUT2D eigenvalue weighted by molar-refractivity contribution is 7.92. The molecule has 8 heteroatoms. The maximum Gasteiger partial charge on any atom is 0.294 e. The number of rotatable bonds is 3. The van der Waals surface area contributed by atoms with E-state index in [4.69, 9.17) is 11.6 Å². The van der Waals surface area contributed by atoms with E-state index in [1.165, 1.54) is 18.2 Å². The minimum absolute atomic E-state index is 0.0189. The summed E-state index contributed by atoms with van der Waals surface area (Å²) in [6.07, 6.45) is 0.889. The number of benzene rings is 1. The Balaban J connectivity index is 3.32. The first-order valence-electron chi connectivity index (χ1n) is 3.72. The van der Waals surface area contributed by atoms with Gasteiger partial charge in [-0.05, 0) is 6.07 Å². The average molecular weight is 251 g/mol.